The maximum Gasteiger partial charge on any atom is 0.0716 e. The molecule has 0 aliphatic carbocycles. The monoisotopic (exact) mass is 326 g/mol. The second-order valence-corrected chi connectivity index (χ2v) is 6.21. The minimum Gasteiger partial charge on any atom is -0.377 e. The first-order valence-corrected chi connectivity index (χ1v) is 9.17. The van der Waals surface area contributed by atoms with E-state index in [9.17, 15) is 0 Å². The van der Waals surface area contributed by atoms with E-state index in [1.54, 1.807) is 0 Å². The molecule has 2 aromatic carbocycles. The van der Waals surface area contributed by atoms with Crippen LogP contribution in [0.25, 0.3) is 11.1 Å². The Morgan fingerprint density at radius 3 is 1.29 bits per heavy atom. The Labute approximate surface area is 146 Å². The van der Waals surface area contributed by atoms with Crippen molar-refractivity contribution < 1.29 is 9.47 Å². The molecule has 0 saturated heterocycles. The Hall–Kier alpha value is -1.64. The number of hydrogen-bond donors (Lipinski definition) is 0. The van der Waals surface area contributed by atoms with Gasteiger partial charge in [0, 0.05) is 13.2 Å². The third-order valence-electron chi connectivity index (χ3n) is 4.06. The van der Waals surface area contributed by atoms with Crippen LogP contribution in [-0.4, -0.2) is 13.2 Å². The highest BCUT2D eigenvalue weighted by molar-refractivity contribution is 5.63. The normalized spacial score (nSPS) is 10.9. The molecule has 2 nitrogen and oxygen atoms in total. The van der Waals surface area contributed by atoms with Gasteiger partial charge in [0.1, 0.15) is 0 Å². The standard InChI is InChI=1S/C22H30O2/c1-3-5-15-23-17-19-7-11-21(12-8-19)22-13-9-20(10-14-22)18-24-16-6-4-2/h7-14H,3-6,15-18H2,1-2H3. The molecule has 0 bridgehead atoms. The molecule has 0 fully saturated rings. The van der Waals surface area contributed by atoms with E-state index < -0.39 is 0 Å². The lowest BCUT2D eigenvalue weighted by molar-refractivity contribution is 0.118. The molecule has 0 unspecified atom stereocenters. The fourth-order valence-corrected chi connectivity index (χ4v) is 2.46. The molecule has 24 heavy (non-hydrogen) atoms. The first-order chi connectivity index (χ1) is 11.8. The zero-order chi connectivity index (χ0) is 17.0. The average molecular weight is 326 g/mol. The highest BCUT2D eigenvalue weighted by Crippen LogP contribution is 2.21. The topological polar surface area (TPSA) is 18.5 Å². The molecular weight excluding hydrogens is 296 g/mol. The largest absolute Gasteiger partial charge is 0.377 e. The second-order valence-electron chi connectivity index (χ2n) is 6.21. The maximum absolute atomic E-state index is 5.66. The van der Waals surface area contributed by atoms with Gasteiger partial charge in [-0.1, -0.05) is 75.2 Å². The minimum atomic E-state index is 0.703. The average Bonchev–Trinajstić information content (AvgIpc) is 2.64. The highest BCUT2D eigenvalue weighted by atomic mass is 16.5. The number of unbranched alkanes of at least 4 members (excludes halogenated alkanes) is 2. The summed E-state index contributed by atoms with van der Waals surface area (Å²) in [7, 11) is 0. The van der Waals surface area contributed by atoms with Crippen molar-refractivity contribution in [3.63, 3.8) is 0 Å². The molecule has 0 aliphatic rings. The van der Waals surface area contributed by atoms with Crippen LogP contribution in [0, 0.1) is 0 Å². The Kier molecular flexibility index (Phi) is 8.58. The van der Waals surface area contributed by atoms with E-state index >= 15 is 0 Å². The quantitative estimate of drug-likeness (QED) is 0.472. The molecule has 130 valence electrons. The lowest BCUT2D eigenvalue weighted by atomic mass is 10.0. The summed E-state index contributed by atoms with van der Waals surface area (Å²) >= 11 is 0. The van der Waals surface area contributed by atoms with Crippen molar-refractivity contribution in [2.24, 2.45) is 0 Å². The van der Waals surface area contributed by atoms with E-state index in [0.29, 0.717) is 13.2 Å². The third-order valence-corrected chi connectivity index (χ3v) is 4.06. The number of benzene rings is 2. The molecule has 0 amide bonds. The summed E-state index contributed by atoms with van der Waals surface area (Å²) in [5.74, 6) is 0. The molecule has 0 aliphatic heterocycles. The zero-order valence-electron chi connectivity index (χ0n) is 15.1. The van der Waals surface area contributed by atoms with Crippen LogP contribution in [0.3, 0.4) is 0 Å². The molecule has 0 heterocycles. The summed E-state index contributed by atoms with van der Waals surface area (Å²) in [4.78, 5) is 0. The SMILES string of the molecule is CCCCOCc1ccc(-c2ccc(COCCCC)cc2)cc1. The maximum atomic E-state index is 5.66. The molecule has 0 atom stereocenters. The predicted molar refractivity (Wildman–Crippen MR) is 101 cm³/mol. The second kappa shape index (κ2) is 11.0. The Balaban J connectivity index is 1.84. The van der Waals surface area contributed by atoms with Crippen molar-refractivity contribution in [3.8, 4) is 11.1 Å². The van der Waals surface area contributed by atoms with Crippen LogP contribution in [0.15, 0.2) is 48.5 Å². The van der Waals surface area contributed by atoms with Crippen molar-refractivity contribution in [2.45, 2.75) is 52.7 Å². The van der Waals surface area contributed by atoms with Gasteiger partial charge in [0.25, 0.3) is 0 Å². The molecule has 0 radical (unpaired) electrons. The first-order valence-electron chi connectivity index (χ1n) is 9.17. The Morgan fingerprint density at radius 1 is 0.583 bits per heavy atom. The molecular formula is C22H30O2. The summed E-state index contributed by atoms with van der Waals surface area (Å²) in [6.07, 6.45) is 4.62. The van der Waals surface area contributed by atoms with Crippen molar-refractivity contribution in [1.29, 1.82) is 0 Å². The van der Waals surface area contributed by atoms with Crippen LogP contribution in [0.1, 0.15) is 50.7 Å². The van der Waals surface area contributed by atoms with E-state index in [0.717, 1.165) is 26.1 Å². The molecule has 0 aromatic heterocycles. The van der Waals surface area contributed by atoms with Gasteiger partial charge in [-0.3, -0.25) is 0 Å². The fourth-order valence-electron chi connectivity index (χ4n) is 2.46. The van der Waals surface area contributed by atoms with Gasteiger partial charge < -0.3 is 9.47 Å². The lowest BCUT2D eigenvalue weighted by Crippen LogP contribution is -1.95. The van der Waals surface area contributed by atoms with Crippen molar-refractivity contribution in [3.05, 3.63) is 59.7 Å². The fraction of sp³-hybridized carbons (Fsp3) is 0.455. The van der Waals surface area contributed by atoms with Gasteiger partial charge in [0.05, 0.1) is 13.2 Å². The van der Waals surface area contributed by atoms with Gasteiger partial charge in [-0.25, -0.2) is 0 Å². The van der Waals surface area contributed by atoms with E-state index in [2.05, 4.69) is 62.4 Å². The summed E-state index contributed by atoms with van der Waals surface area (Å²) < 4.78 is 11.3. The van der Waals surface area contributed by atoms with E-state index in [-0.39, 0.29) is 0 Å². The van der Waals surface area contributed by atoms with Gasteiger partial charge in [-0.05, 0) is 35.1 Å². The van der Waals surface area contributed by atoms with E-state index in [1.165, 1.54) is 35.1 Å². The highest BCUT2D eigenvalue weighted by Gasteiger charge is 2.00. The number of hydrogen-bond acceptors (Lipinski definition) is 2. The number of rotatable bonds is 11. The Bertz CT molecular complexity index is 504. The van der Waals surface area contributed by atoms with Gasteiger partial charge in [0.2, 0.25) is 0 Å². The van der Waals surface area contributed by atoms with Crippen LogP contribution >= 0.6 is 0 Å². The molecule has 2 rings (SSSR count). The molecule has 0 spiro atoms. The smallest absolute Gasteiger partial charge is 0.0716 e. The van der Waals surface area contributed by atoms with Gasteiger partial charge >= 0.3 is 0 Å². The van der Waals surface area contributed by atoms with Crippen molar-refractivity contribution >= 4 is 0 Å². The Morgan fingerprint density at radius 2 is 0.958 bits per heavy atom. The molecule has 0 N–H and O–H groups in total. The summed E-state index contributed by atoms with van der Waals surface area (Å²) in [6, 6.07) is 17.3. The van der Waals surface area contributed by atoms with Crippen molar-refractivity contribution in [2.75, 3.05) is 13.2 Å². The summed E-state index contributed by atoms with van der Waals surface area (Å²) in [6.45, 7) is 7.46. The molecule has 0 saturated carbocycles. The molecule has 2 heteroatoms. The van der Waals surface area contributed by atoms with E-state index in [4.69, 9.17) is 9.47 Å². The van der Waals surface area contributed by atoms with Gasteiger partial charge in [-0.15, -0.1) is 0 Å². The summed E-state index contributed by atoms with van der Waals surface area (Å²) in [5, 5.41) is 0. The van der Waals surface area contributed by atoms with E-state index in [1.807, 2.05) is 0 Å². The van der Waals surface area contributed by atoms with Crippen LogP contribution in [-0.2, 0) is 22.7 Å². The van der Waals surface area contributed by atoms with Crippen molar-refractivity contribution in [1.82, 2.24) is 0 Å². The molecule has 2 aromatic rings. The summed E-state index contributed by atoms with van der Waals surface area (Å²) in [5.41, 5.74) is 4.95. The van der Waals surface area contributed by atoms with Gasteiger partial charge in [-0.2, -0.15) is 0 Å². The number of ether oxygens (including phenoxy) is 2. The first kappa shape index (κ1) is 18.7. The van der Waals surface area contributed by atoms with Gasteiger partial charge in [0.15, 0.2) is 0 Å². The van der Waals surface area contributed by atoms with Crippen LogP contribution < -0.4 is 0 Å². The predicted octanol–water partition coefficient (Wildman–Crippen LogP) is 5.99. The van der Waals surface area contributed by atoms with Crippen LogP contribution in [0.2, 0.25) is 0 Å². The lowest BCUT2D eigenvalue weighted by Gasteiger charge is -2.07. The zero-order valence-corrected chi connectivity index (χ0v) is 15.1. The minimum absolute atomic E-state index is 0.703. The third kappa shape index (κ3) is 6.46. The van der Waals surface area contributed by atoms with Crippen LogP contribution in [0.4, 0.5) is 0 Å². The van der Waals surface area contributed by atoms with Crippen LogP contribution in [0.5, 0.6) is 0 Å².